The van der Waals surface area contributed by atoms with Crippen molar-refractivity contribution in [1.82, 2.24) is 4.90 Å². The number of anilines is 1. The Balaban J connectivity index is 1.33. The number of piperidine rings is 1. The van der Waals surface area contributed by atoms with E-state index in [4.69, 9.17) is 4.74 Å². The fourth-order valence-corrected chi connectivity index (χ4v) is 7.74. The molecule has 0 amide bonds. The average molecular weight is 397 g/mol. The molecule has 2 saturated carbocycles. The molecule has 3 fully saturated rings. The summed E-state index contributed by atoms with van der Waals surface area (Å²) in [6.07, 6.45) is 11.1. The molecule has 1 aromatic carbocycles. The van der Waals surface area contributed by atoms with Crippen LogP contribution in [0.4, 0.5) is 5.69 Å². The molecule has 3 nitrogen and oxygen atoms in total. The average Bonchev–Trinajstić information content (AvgIpc) is 3.09. The fourth-order valence-electron chi connectivity index (χ4n) is 7.74. The van der Waals surface area contributed by atoms with Gasteiger partial charge in [0, 0.05) is 31.9 Å². The maximum atomic E-state index is 5.93. The lowest BCUT2D eigenvalue weighted by molar-refractivity contribution is -0.0443. The van der Waals surface area contributed by atoms with Crippen LogP contribution in [-0.4, -0.2) is 51.3 Å². The van der Waals surface area contributed by atoms with E-state index in [1.165, 1.54) is 70.1 Å². The van der Waals surface area contributed by atoms with E-state index < -0.39 is 0 Å². The number of hydrogen-bond donors (Lipinski definition) is 0. The van der Waals surface area contributed by atoms with Crippen LogP contribution in [0.1, 0.15) is 68.9 Å². The van der Waals surface area contributed by atoms with Crippen LogP contribution in [0.15, 0.2) is 18.2 Å². The third-order valence-electron chi connectivity index (χ3n) is 9.47. The van der Waals surface area contributed by atoms with E-state index in [1.807, 2.05) is 7.11 Å². The first-order chi connectivity index (χ1) is 14.0. The van der Waals surface area contributed by atoms with Crippen LogP contribution in [-0.2, 0) is 11.2 Å². The van der Waals surface area contributed by atoms with E-state index in [0.29, 0.717) is 11.5 Å². The second kappa shape index (κ2) is 7.57. The Kier molecular flexibility index (Phi) is 5.19. The van der Waals surface area contributed by atoms with E-state index in [1.54, 1.807) is 11.1 Å². The van der Waals surface area contributed by atoms with Crippen molar-refractivity contribution in [3.63, 3.8) is 0 Å². The fraction of sp³-hybridized carbons (Fsp3) is 0.769. The number of ether oxygens (including phenoxy) is 1. The smallest absolute Gasteiger partial charge is 0.0627 e. The number of fused-ring (bicyclic) bond motifs is 5. The third-order valence-corrected chi connectivity index (χ3v) is 9.47. The Labute approximate surface area is 177 Å². The maximum absolute atomic E-state index is 5.93. The van der Waals surface area contributed by atoms with Crippen molar-refractivity contribution in [3.05, 3.63) is 29.3 Å². The summed E-state index contributed by atoms with van der Waals surface area (Å²) in [6.45, 7) is 4.93. The van der Waals surface area contributed by atoms with Gasteiger partial charge in [0.1, 0.15) is 0 Å². The zero-order chi connectivity index (χ0) is 20.2. The summed E-state index contributed by atoms with van der Waals surface area (Å²) in [5.41, 5.74) is 5.24. The van der Waals surface area contributed by atoms with Crippen molar-refractivity contribution >= 4 is 5.69 Å². The first kappa shape index (κ1) is 19.9. The highest BCUT2D eigenvalue weighted by Crippen LogP contribution is 2.61. The van der Waals surface area contributed by atoms with E-state index in [-0.39, 0.29) is 0 Å². The lowest BCUT2D eigenvalue weighted by Crippen LogP contribution is -2.44. The SMILES string of the molecule is COC1CCC2C3CCc4cc(N5CCC(N(C)C)CC5)ccc4C3CCC12C. The summed E-state index contributed by atoms with van der Waals surface area (Å²) in [4.78, 5) is 5.03. The zero-order valence-electron chi connectivity index (χ0n) is 19.0. The molecular weight excluding hydrogens is 356 g/mol. The Morgan fingerprint density at radius 1 is 1.03 bits per heavy atom. The Morgan fingerprint density at radius 3 is 2.55 bits per heavy atom. The second-order valence-corrected chi connectivity index (χ2v) is 10.8. The standard InChI is InChI=1S/C26H40N2O/c1-26-14-11-22-21-8-6-20(28-15-12-19(13-16-28)27(2)3)17-18(21)5-7-23(22)24(26)9-10-25(26)29-4/h6,8,17,19,22-25H,5,7,9-16H2,1-4H3. The maximum Gasteiger partial charge on any atom is 0.0627 e. The predicted molar refractivity (Wildman–Crippen MR) is 121 cm³/mol. The van der Waals surface area contributed by atoms with Gasteiger partial charge in [-0.25, -0.2) is 0 Å². The van der Waals surface area contributed by atoms with E-state index in [2.05, 4.69) is 49.0 Å². The molecular formula is C26H40N2O. The zero-order valence-corrected chi connectivity index (χ0v) is 19.0. The predicted octanol–water partition coefficient (Wildman–Crippen LogP) is 5.09. The van der Waals surface area contributed by atoms with Gasteiger partial charge in [0.25, 0.3) is 0 Å². The number of aryl methyl sites for hydroxylation is 1. The number of methoxy groups -OCH3 is 1. The molecule has 1 heterocycles. The van der Waals surface area contributed by atoms with Gasteiger partial charge in [-0.1, -0.05) is 13.0 Å². The van der Waals surface area contributed by atoms with Crippen LogP contribution in [0, 0.1) is 17.3 Å². The van der Waals surface area contributed by atoms with Crippen LogP contribution >= 0.6 is 0 Å². The lowest BCUT2D eigenvalue weighted by atomic mass is 9.55. The van der Waals surface area contributed by atoms with Crippen molar-refractivity contribution in [2.75, 3.05) is 39.2 Å². The van der Waals surface area contributed by atoms with Crippen molar-refractivity contribution in [2.24, 2.45) is 17.3 Å². The van der Waals surface area contributed by atoms with Gasteiger partial charge in [-0.3, -0.25) is 0 Å². The van der Waals surface area contributed by atoms with Crippen LogP contribution in [0.25, 0.3) is 0 Å². The summed E-state index contributed by atoms with van der Waals surface area (Å²) >= 11 is 0. The minimum Gasteiger partial charge on any atom is -0.381 e. The van der Waals surface area contributed by atoms with Crippen molar-refractivity contribution in [2.45, 2.75) is 76.4 Å². The van der Waals surface area contributed by atoms with Gasteiger partial charge in [0.05, 0.1) is 6.10 Å². The Bertz CT molecular complexity index is 738. The molecule has 1 saturated heterocycles. The van der Waals surface area contributed by atoms with Crippen LogP contribution in [0.5, 0.6) is 0 Å². The van der Waals surface area contributed by atoms with E-state index in [0.717, 1.165) is 23.8 Å². The van der Waals surface area contributed by atoms with Crippen molar-refractivity contribution in [1.29, 1.82) is 0 Å². The van der Waals surface area contributed by atoms with Crippen LogP contribution in [0.2, 0.25) is 0 Å². The Hall–Kier alpha value is -1.06. The molecule has 160 valence electrons. The van der Waals surface area contributed by atoms with Crippen LogP contribution < -0.4 is 4.90 Å². The molecule has 5 unspecified atom stereocenters. The van der Waals surface area contributed by atoms with E-state index in [9.17, 15) is 0 Å². The first-order valence-corrected chi connectivity index (χ1v) is 12.1. The molecule has 5 atom stereocenters. The topological polar surface area (TPSA) is 15.7 Å². The number of benzene rings is 1. The summed E-state index contributed by atoms with van der Waals surface area (Å²) in [6, 6.07) is 8.27. The minimum absolute atomic E-state index is 0.421. The molecule has 1 aromatic rings. The summed E-state index contributed by atoms with van der Waals surface area (Å²) in [5, 5.41) is 0. The molecule has 0 spiro atoms. The quantitative estimate of drug-likeness (QED) is 0.708. The highest BCUT2D eigenvalue weighted by atomic mass is 16.5. The Morgan fingerprint density at radius 2 is 1.83 bits per heavy atom. The molecule has 0 bridgehead atoms. The summed E-state index contributed by atoms with van der Waals surface area (Å²) in [5.74, 6) is 2.54. The number of hydrogen-bond acceptors (Lipinski definition) is 3. The first-order valence-electron chi connectivity index (χ1n) is 12.1. The lowest BCUT2D eigenvalue weighted by Gasteiger charge is -2.50. The largest absolute Gasteiger partial charge is 0.381 e. The molecule has 29 heavy (non-hydrogen) atoms. The summed E-state index contributed by atoms with van der Waals surface area (Å²) < 4.78 is 5.93. The van der Waals surface area contributed by atoms with Gasteiger partial charge < -0.3 is 14.5 Å². The van der Waals surface area contributed by atoms with E-state index >= 15 is 0 Å². The van der Waals surface area contributed by atoms with Gasteiger partial charge in [-0.15, -0.1) is 0 Å². The van der Waals surface area contributed by atoms with Crippen LogP contribution in [0.3, 0.4) is 0 Å². The third kappa shape index (κ3) is 3.24. The molecule has 1 aliphatic heterocycles. The normalized spacial score (nSPS) is 37.3. The molecule has 3 aliphatic carbocycles. The van der Waals surface area contributed by atoms with Gasteiger partial charge in [-0.05, 0) is 112 Å². The number of nitrogens with zero attached hydrogens (tertiary/aromatic N) is 2. The van der Waals surface area contributed by atoms with Gasteiger partial charge in [-0.2, -0.15) is 0 Å². The molecule has 5 rings (SSSR count). The minimum atomic E-state index is 0.421. The molecule has 0 aromatic heterocycles. The van der Waals surface area contributed by atoms with Gasteiger partial charge in [0.15, 0.2) is 0 Å². The highest BCUT2D eigenvalue weighted by molar-refractivity contribution is 5.53. The monoisotopic (exact) mass is 396 g/mol. The van der Waals surface area contributed by atoms with Crippen molar-refractivity contribution in [3.8, 4) is 0 Å². The molecule has 4 aliphatic rings. The van der Waals surface area contributed by atoms with Gasteiger partial charge >= 0.3 is 0 Å². The number of rotatable bonds is 3. The van der Waals surface area contributed by atoms with Crippen molar-refractivity contribution < 1.29 is 4.74 Å². The molecule has 0 N–H and O–H groups in total. The van der Waals surface area contributed by atoms with Gasteiger partial charge in [0.2, 0.25) is 0 Å². The highest BCUT2D eigenvalue weighted by Gasteiger charge is 2.55. The molecule has 3 heteroatoms. The molecule has 0 radical (unpaired) electrons. The summed E-state index contributed by atoms with van der Waals surface area (Å²) in [7, 11) is 6.39. The second-order valence-electron chi connectivity index (χ2n) is 10.8.